The van der Waals surface area contributed by atoms with Gasteiger partial charge in [-0.05, 0) is 18.6 Å². The van der Waals surface area contributed by atoms with Crippen molar-refractivity contribution in [1.82, 2.24) is 4.90 Å². The number of hydrogen-bond donors (Lipinski definition) is 0. The molecule has 0 aromatic heterocycles. The maximum Gasteiger partial charge on any atom is 0.129 e. The highest BCUT2D eigenvalue weighted by molar-refractivity contribution is 5.37. The lowest BCUT2D eigenvalue weighted by molar-refractivity contribution is 0.408. The second-order valence-corrected chi connectivity index (χ2v) is 3.13. The SMILES string of the molecule is CCCCN(/C=C/C=C(C#N)C#N)CC#N. The van der Waals surface area contributed by atoms with Gasteiger partial charge in [-0.15, -0.1) is 0 Å². The van der Waals surface area contributed by atoms with Crippen LogP contribution in [0.1, 0.15) is 19.8 Å². The van der Waals surface area contributed by atoms with Crippen molar-refractivity contribution in [2.75, 3.05) is 13.1 Å². The van der Waals surface area contributed by atoms with Crippen molar-refractivity contribution < 1.29 is 0 Å². The van der Waals surface area contributed by atoms with E-state index in [1.807, 2.05) is 4.90 Å². The Hall–Kier alpha value is -2.25. The third kappa shape index (κ3) is 6.24. The lowest BCUT2D eigenvalue weighted by atomic mass is 10.3. The topological polar surface area (TPSA) is 74.6 Å². The van der Waals surface area contributed by atoms with Crippen LogP contribution in [-0.4, -0.2) is 18.0 Å². The predicted octanol–water partition coefficient (Wildman–Crippen LogP) is 2.10. The van der Waals surface area contributed by atoms with Crippen LogP contribution in [-0.2, 0) is 0 Å². The molecular weight excluding hydrogens is 200 g/mol. The fourth-order valence-electron chi connectivity index (χ4n) is 1.02. The van der Waals surface area contributed by atoms with Crippen LogP contribution in [0.4, 0.5) is 0 Å². The van der Waals surface area contributed by atoms with Gasteiger partial charge in [0.05, 0.1) is 6.07 Å². The van der Waals surface area contributed by atoms with E-state index in [0.717, 1.165) is 19.4 Å². The van der Waals surface area contributed by atoms with Crippen molar-refractivity contribution in [3.63, 3.8) is 0 Å². The molecule has 0 atom stereocenters. The van der Waals surface area contributed by atoms with Crippen molar-refractivity contribution in [3.05, 3.63) is 23.9 Å². The zero-order chi connectivity index (χ0) is 12.2. The molecule has 0 aliphatic carbocycles. The molecule has 0 aromatic carbocycles. The number of nitrogens with zero attached hydrogens (tertiary/aromatic N) is 4. The van der Waals surface area contributed by atoms with Gasteiger partial charge < -0.3 is 4.90 Å². The van der Waals surface area contributed by atoms with Gasteiger partial charge in [0, 0.05) is 12.7 Å². The summed E-state index contributed by atoms with van der Waals surface area (Å²) in [6.07, 6.45) is 6.87. The molecule has 0 aliphatic heterocycles. The summed E-state index contributed by atoms with van der Waals surface area (Å²) >= 11 is 0. The van der Waals surface area contributed by atoms with E-state index in [2.05, 4.69) is 13.0 Å². The number of allylic oxidation sites excluding steroid dienone is 3. The largest absolute Gasteiger partial charge is 0.364 e. The Labute approximate surface area is 96.3 Å². The zero-order valence-corrected chi connectivity index (χ0v) is 9.35. The van der Waals surface area contributed by atoms with E-state index in [4.69, 9.17) is 15.8 Å². The Morgan fingerprint density at radius 2 is 1.94 bits per heavy atom. The molecule has 82 valence electrons. The van der Waals surface area contributed by atoms with Gasteiger partial charge in [-0.2, -0.15) is 15.8 Å². The lowest BCUT2D eigenvalue weighted by Crippen LogP contribution is -2.18. The molecule has 4 nitrogen and oxygen atoms in total. The van der Waals surface area contributed by atoms with Gasteiger partial charge in [0.15, 0.2) is 0 Å². The van der Waals surface area contributed by atoms with E-state index in [-0.39, 0.29) is 5.57 Å². The molecule has 0 aliphatic rings. The second-order valence-electron chi connectivity index (χ2n) is 3.13. The lowest BCUT2D eigenvalue weighted by Gasteiger charge is -2.15. The quantitative estimate of drug-likeness (QED) is 0.385. The minimum absolute atomic E-state index is 0.0589. The van der Waals surface area contributed by atoms with Crippen molar-refractivity contribution in [2.24, 2.45) is 0 Å². The van der Waals surface area contributed by atoms with Crippen LogP contribution in [0.3, 0.4) is 0 Å². The van der Waals surface area contributed by atoms with Gasteiger partial charge in [0.25, 0.3) is 0 Å². The molecule has 0 bridgehead atoms. The molecule has 4 heteroatoms. The molecule has 0 aromatic rings. The summed E-state index contributed by atoms with van der Waals surface area (Å²) in [7, 11) is 0. The van der Waals surface area contributed by atoms with E-state index >= 15 is 0 Å². The molecule has 0 amide bonds. The molecule has 16 heavy (non-hydrogen) atoms. The fraction of sp³-hybridized carbons (Fsp3) is 0.417. The van der Waals surface area contributed by atoms with Crippen molar-refractivity contribution >= 4 is 0 Å². The molecular formula is C12H14N4. The summed E-state index contributed by atoms with van der Waals surface area (Å²) in [5.74, 6) is 0. The van der Waals surface area contributed by atoms with Crippen molar-refractivity contribution in [2.45, 2.75) is 19.8 Å². The Morgan fingerprint density at radius 3 is 2.44 bits per heavy atom. The molecule has 0 fully saturated rings. The van der Waals surface area contributed by atoms with E-state index in [0.29, 0.717) is 6.54 Å². The molecule has 0 saturated heterocycles. The zero-order valence-electron chi connectivity index (χ0n) is 9.35. The first-order valence-corrected chi connectivity index (χ1v) is 5.08. The van der Waals surface area contributed by atoms with Crippen LogP contribution < -0.4 is 0 Å². The number of rotatable bonds is 6. The van der Waals surface area contributed by atoms with E-state index in [1.54, 1.807) is 24.4 Å². The molecule has 0 N–H and O–H groups in total. The average Bonchev–Trinajstić information content (AvgIpc) is 2.31. The van der Waals surface area contributed by atoms with Gasteiger partial charge in [-0.25, -0.2) is 0 Å². The Bertz CT molecular complexity index is 357. The maximum absolute atomic E-state index is 8.59. The third-order valence-electron chi connectivity index (χ3n) is 1.87. The molecule has 0 radical (unpaired) electrons. The highest BCUT2D eigenvalue weighted by Gasteiger charge is 1.96. The normalized spacial score (nSPS) is 8.88. The first-order valence-electron chi connectivity index (χ1n) is 5.08. The summed E-state index contributed by atoms with van der Waals surface area (Å²) in [6, 6.07) is 5.60. The highest BCUT2D eigenvalue weighted by Crippen LogP contribution is 1.97. The van der Waals surface area contributed by atoms with Crippen LogP contribution in [0.2, 0.25) is 0 Å². The smallest absolute Gasteiger partial charge is 0.129 e. The standard InChI is InChI=1S/C12H14N4/c1-2-3-7-16(9-6-13)8-4-5-12(10-14)11-15/h4-5,8H,2-3,7,9H2,1H3/b8-4+. The Balaban J connectivity index is 4.35. The average molecular weight is 214 g/mol. The first-order chi connectivity index (χ1) is 7.78. The first kappa shape index (κ1) is 13.8. The van der Waals surface area contributed by atoms with Crippen LogP contribution in [0.15, 0.2) is 23.9 Å². The van der Waals surface area contributed by atoms with Crippen molar-refractivity contribution in [1.29, 1.82) is 15.8 Å². The fourth-order valence-corrected chi connectivity index (χ4v) is 1.02. The minimum atomic E-state index is 0.0589. The van der Waals surface area contributed by atoms with Crippen molar-refractivity contribution in [3.8, 4) is 18.2 Å². The van der Waals surface area contributed by atoms with Gasteiger partial charge in [0.1, 0.15) is 24.3 Å². The second kappa shape index (κ2) is 9.31. The summed E-state index contributed by atoms with van der Waals surface area (Å²) in [5.41, 5.74) is 0.0589. The molecule has 0 saturated carbocycles. The van der Waals surface area contributed by atoms with E-state index < -0.39 is 0 Å². The van der Waals surface area contributed by atoms with Gasteiger partial charge in [-0.1, -0.05) is 13.3 Å². The maximum atomic E-state index is 8.59. The number of hydrogen-bond acceptors (Lipinski definition) is 4. The van der Waals surface area contributed by atoms with Gasteiger partial charge >= 0.3 is 0 Å². The Kier molecular flexibility index (Phi) is 8.00. The summed E-state index contributed by atoms with van der Waals surface area (Å²) in [5, 5.41) is 25.6. The van der Waals surface area contributed by atoms with E-state index in [9.17, 15) is 0 Å². The third-order valence-corrected chi connectivity index (χ3v) is 1.87. The van der Waals surface area contributed by atoms with Gasteiger partial charge in [0.2, 0.25) is 0 Å². The molecule has 0 spiro atoms. The molecule has 0 unspecified atom stereocenters. The summed E-state index contributed by atoms with van der Waals surface area (Å²) < 4.78 is 0. The monoisotopic (exact) mass is 214 g/mol. The summed E-state index contributed by atoms with van der Waals surface area (Å²) in [4.78, 5) is 1.85. The van der Waals surface area contributed by atoms with E-state index in [1.165, 1.54) is 6.08 Å². The molecule has 0 rings (SSSR count). The summed E-state index contributed by atoms with van der Waals surface area (Å²) in [6.45, 7) is 3.21. The highest BCUT2D eigenvalue weighted by atomic mass is 15.1. The van der Waals surface area contributed by atoms with Crippen LogP contribution in [0.25, 0.3) is 0 Å². The van der Waals surface area contributed by atoms with Crippen LogP contribution >= 0.6 is 0 Å². The van der Waals surface area contributed by atoms with Gasteiger partial charge in [-0.3, -0.25) is 0 Å². The predicted molar refractivity (Wildman–Crippen MR) is 60.5 cm³/mol. The minimum Gasteiger partial charge on any atom is -0.364 e. The number of nitriles is 3. The van der Waals surface area contributed by atoms with Crippen LogP contribution in [0.5, 0.6) is 0 Å². The molecule has 0 heterocycles. The Morgan fingerprint density at radius 1 is 1.25 bits per heavy atom. The number of unbranched alkanes of at least 4 members (excludes halogenated alkanes) is 1. The van der Waals surface area contributed by atoms with Crippen LogP contribution in [0, 0.1) is 34.0 Å².